The maximum absolute atomic E-state index is 13.9. The number of benzene rings is 1. The van der Waals surface area contributed by atoms with Gasteiger partial charge in [-0.2, -0.15) is 0 Å². The number of aromatic nitrogens is 2. The van der Waals surface area contributed by atoms with Crippen molar-refractivity contribution in [2.45, 2.75) is 58.4 Å². The molecular weight excluding hydrogens is 486 g/mol. The minimum absolute atomic E-state index is 0.0626. The summed E-state index contributed by atoms with van der Waals surface area (Å²) in [6.45, 7) is 4.70. The largest absolute Gasteiger partial charge is 0.381 e. The summed E-state index contributed by atoms with van der Waals surface area (Å²) < 4.78 is 0. The van der Waals surface area contributed by atoms with Gasteiger partial charge in [-0.1, -0.05) is 43.5 Å². The van der Waals surface area contributed by atoms with Gasteiger partial charge in [0.1, 0.15) is 5.82 Å². The number of rotatable bonds is 8. The lowest BCUT2D eigenvalue weighted by Gasteiger charge is -2.36. The fraction of sp³-hybridized carbons (Fsp3) is 0.438. The maximum atomic E-state index is 13.9. The second-order valence-corrected chi connectivity index (χ2v) is 11.0. The Morgan fingerprint density at radius 2 is 1.74 bits per heavy atom. The molecule has 2 fully saturated rings. The second kappa shape index (κ2) is 12.9. The smallest absolute Gasteiger partial charge is 0.253 e. The van der Waals surface area contributed by atoms with Gasteiger partial charge in [0.15, 0.2) is 0 Å². The Kier molecular flexibility index (Phi) is 8.86. The van der Waals surface area contributed by atoms with Crippen molar-refractivity contribution in [1.29, 1.82) is 0 Å². The van der Waals surface area contributed by atoms with E-state index in [1.807, 2.05) is 77.5 Å². The van der Waals surface area contributed by atoms with E-state index >= 15 is 0 Å². The lowest BCUT2D eigenvalue weighted by atomic mass is 9.87. The first-order chi connectivity index (χ1) is 19.1. The monoisotopic (exact) mass is 525 g/mol. The average molecular weight is 526 g/mol. The summed E-state index contributed by atoms with van der Waals surface area (Å²) in [5.41, 5.74) is 3.66. The molecule has 1 N–H and O–H groups in total. The number of pyridine rings is 2. The van der Waals surface area contributed by atoms with Gasteiger partial charge in [0.05, 0.1) is 0 Å². The molecule has 204 valence electrons. The van der Waals surface area contributed by atoms with E-state index in [0.717, 1.165) is 66.9 Å². The van der Waals surface area contributed by atoms with Crippen LogP contribution >= 0.6 is 0 Å². The summed E-state index contributed by atoms with van der Waals surface area (Å²) in [5, 5.41) is 3.49. The van der Waals surface area contributed by atoms with Crippen LogP contribution in [0.4, 0.5) is 11.5 Å². The molecule has 3 aromatic rings. The summed E-state index contributed by atoms with van der Waals surface area (Å²) >= 11 is 0. The van der Waals surface area contributed by atoms with E-state index in [9.17, 15) is 9.59 Å². The van der Waals surface area contributed by atoms with Gasteiger partial charge in [0.25, 0.3) is 5.91 Å². The fourth-order valence-corrected chi connectivity index (χ4v) is 5.80. The number of nitrogens with zero attached hydrogens (tertiary/aromatic N) is 4. The molecular formula is C32H39N5O2. The molecule has 1 saturated carbocycles. The van der Waals surface area contributed by atoms with Crippen LogP contribution in [-0.2, 0) is 11.3 Å². The van der Waals surface area contributed by atoms with E-state index in [4.69, 9.17) is 4.98 Å². The highest BCUT2D eigenvalue weighted by molar-refractivity contribution is 5.95. The summed E-state index contributed by atoms with van der Waals surface area (Å²) in [6.07, 6.45) is 10.7. The molecule has 1 aliphatic carbocycles. The molecule has 7 nitrogen and oxygen atoms in total. The Bertz CT molecular complexity index is 1240. The van der Waals surface area contributed by atoms with Gasteiger partial charge in [0, 0.05) is 67.5 Å². The van der Waals surface area contributed by atoms with Crippen LogP contribution in [0.5, 0.6) is 0 Å². The van der Waals surface area contributed by atoms with Gasteiger partial charge in [0.2, 0.25) is 5.91 Å². The molecule has 2 aliphatic rings. The Balaban J connectivity index is 1.30. The van der Waals surface area contributed by atoms with Crippen LogP contribution in [0.25, 0.3) is 0 Å². The minimum Gasteiger partial charge on any atom is -0.381 e. The topological polar surface area (TPSA) is 78.4 Å². The van der Waals surface area contributed by atoms with Crippen LogP contribution in [0.2, 0.25) is 0 Å². The van der Waals surface area contributed by atoms with Gasteiger partial charge in [-0.05, 0) is 68.4 Å². The first kappa shape index (κ1) is 26.9. The van der Waals surface area contributed by atoms with E-state index in [1.54, 1.807) is 6.20 Å². The number of aryl methyl sites for hydroxylation is 1. The molecule has 0 spiro atoms. The normalized spacial score (nSPS) is 16.6. The quantitative estimate of drug-likeness (QED) is 0.398. The molecule has 1 aliphatic heterocycles. The van der Waals surface area contributed by atoms with E-state index in [2.05, 4.69) is 10.3 Å². The molecule has 0 bridgehead atoms. The van der Waals surface area contributed by atoms with Gasteiger partial charge in [-0.15, -0.1) is 0 Å². The lowest BCUT2D eigenvalue weighted by Crippen LogP contribution is -2.45. The molecule has 0 unspecified atom stereocenters. The highest BCUT2D eigenvalue weighted by Gasteiger charge is 2.32. The van der Waals surface area contributed by atoms with Crippen molar-refractivity contribution >= 4 is 23.3 Å². The van der Waals surface area contributed by atoms with Crippen molar-refractivity contribution in [3.63, 3.8) is 0 Å². The Morgan fingerprint density at radius 3 is 2.46 bits per heavy atom. The summed E-state index contributed by atoms with van der Waals surface area (Å²) in [7, 11) is 0. The fourth-order valence-electron chi connectivity index (χ4n) is 5.80. The van der Waals surface area contributed by atoms with Crippen molar-refractivity contribution in [3.8, 4) is 0 Å². The third-order valence-electron chi connectivity index (χ3n) is 8.02. The predicted molar refractivity (Wildman–Crippen MR) is 155 cm³/mol. The number of likely N-dealkylation sites (tertiary alicyclic amines) is 1. The molecule has 7 heteroatoms. The van der Waals surface area contributed by atoms with Crippen molar-refractivity contribution in [1.82, 2.24) is 14.9 Å². The number of nitrogens with one attached hydrogen (secondary N) is 1. The van der Waals surface area contributed by atoms with E-state index < -0.39 is 0 Å². The molecule has 5 rings (SSSR count). The van der Waals surface area contributed by atoms with Crippen molar-refractivity contribution in [2.24, 2.45) is 11.8 Å². The number of hydrogen-bond donors (Lipinski definition) is 1. The van der Waals surface area contributed by atoms with E-state index in [0.29, 0.717) is 32.1 Å². The zero-order valence-corrected chi connectivity index (χ0v) is 22.9. The van der Waals surface area contributed by atoms with Crippen LogP contribution in [-0.4, -0.2) is 46.3 Å². The zero-order chi connectivity index (χ0) is 27.0. The van der Waals surface area contributed by atoms with Crippen LogP contribution < -0.4 is 10.2 Å². The first-order valence-electron chi connectivity index (χ1n) is 14.3. The first-order valence-corrected chi connectivity index (χ1v) is 14.3. The summed E-state index contributed by atoms with van der Waals surface area (Å²) in [6, 6.07) is 17.5. The molecule has 2 amide bonds. The third-order valence-corrected chi connectivity index (χ3v) is 8.02. The van der Waals surface area contributed by atoms with Crippen LogP contribution in [0.15, 0.2) is 67.0 Å². The van der Waals surface area contributed by atoms with Gasteiger partial charge in [-0.3, -0.25) is 19.5 Å². The average Bonchev–Trinajstić information content (AvgIpc) is 2.99. The molecule has 0 radical (unpaired) electrons. The summed E-state index contributed by atoms with van der Waals surface area (Å²) in [5.74, 6) is 1.41. The third kappa shape index (κ3) is 7.02. The van der Waals surface area contributed by atoms with Crippen molar-refractivity contribution in [3.05, 3.63) is 83.8 Å². The van der Waals surface area contributed by atoms with Gasteiger partial charge >= 0.3 is 0 Å². The SMILES string of the molecule is Cc1cc(NCc2cccnc2)cc(N(CC2CCN(C(=O)c3ccccc3)CC2)C(=O)C2CCCCC2)n1. The molecule has 39 heavy (non-hydrogen) atoms. The maximum Gasteiger partial charge on any atom is 0.253 e. The predicted octanol–water partition coefficient (Wildman–Crippen LogP) is 5.86. The van der Waals surface area contributed by atoms with Crippen molar-refractivity contribution < 1.29 is 9.59 Å². The second-order valence-electron chi connectivity index (χ2n) is 11.0. The van der Waals surface area contributed by atoms with Crippen LogP contribution in [0.3, 0.4) is 0 Å². The molecule has 0 atom stereocenters. The number of amides is 2. The van der Waals surface area contributed by atoms with Crippen LogP contribution in [0, 0.1) is 18.8 Å². The number of piperidine rings is 1. The number of hydrogen-bond acceptors (Lipinski definition) is 5. The van der Waals surface area contributed by atoms with Gasteiger partial charge < -0.3 is 10.2 Å². The molecule has 2 aromatic heterocycles. The van der Waals surface area contributed by atoms with E-state index in [1.165, 1.54) is 6.42 Å². The Hall–Kier alpha value is -3.74. The highest BCUT2D eigenvalue weighted by Crippen LogP contribution is 2.30. The van der Waals surface area contributed by atoms with Crippen molar-refractivity contribution in [2.75, 3.05) is 29.9 Å². The van der Waals surface area contributed by atoms with E-state index in [-0.39, 0.29) is 17.7 Å². The van der Waals surface area contributed by atoms with Gasteiger partial charge in [-0.25, -0.2) is 4.98 Å². The lowest BCUT2D eigenvalue weighted by molar-refractivity contribution is -0.123. The molecule has 3 heterocycles. The number of carbonyl (C=O) groups is 2. The Labute approximate surface area is 231 Å². The number of anilines is 2. The highest BCUT2D eigenvalue weighted by atomic mass is 16.2. The minimum atomic E-state index is 0.0626. The summed E-state index contributed by atoms with van der Waals surface area (Å²) in [4.78, 5) is 39.8. The van der Waals surface area contributed by atoms with Crippen LogP contribution in [0.1, 0.15) is 66.6 Å². The molecule has 1 aromatic carbocycles. The zero-order valence-electron chi connectivity index (χ0n) is 22.9. The Morgan fingerprint density at radius 1 is 0.974 bits per heavy atom. The number of carbonyl (C=O) groups excluding carboxylic acids is 2. The standard InChI is InChI=1S/C32H39N5O2/c1-24-19-29(34-22-26-9-8-16-33-21-26)20-30(35-24)37(32(39)28-12-6-3-7-13-28)23-25-14-17-36(18-15-25)31(38)27-10-4-2-5-11-27/h2,4-5,8-11,16,19-21,25,28H,3,6-7,12-15,17-18,22-23H2,1H3,(H,34,35). The molecule has 1 saturated heterocycles.